The van der Waals surface area contributed by atoms with E-state index in [0.29, 0.717) is 11.3 Å². The monoisotopic (exact) mass is 344 g/mol. The summed E-state index contributed by atoms with van der Waals surface area (Å²) >= 11 is 3.18. The Bertz CT molecular complexity index is 694. The lowest BCUT2D eigenvalue weighted by Crippen LogP contribution is -2.27. The fraction of sp³-hybridized carbons (Fsp3) is 0.235. The first-order chi connectivity index (χ1) is 10.2. The average molecular weight is 345 g/mol. The molecule has 0 N–H and O–H groups in total. The Labute approximate surface area is 131 Å². The number of nitriles is 1. The van der Waals surface area contributed by atoms with Gasteiger partial charge in [-0.2, -0.15) is 5.26 Å². The van der Waals surface area contributed by atoms with Crippen molar-refractivity contribution in [2.75, 3.05) is 18.0 Å². The Hall–Kier alpha value is -1.86. The number of fused-ring (bicyclic) bond motifs is 1. The smallest absolute Gasteiger partial charge is 0.161 e. The van der Waals surface area contributed by atoms with E-state index in [9.17, 15) is 4.39 Å². The summed E-state index contributed by atoms with van der Waals surface area (Å²) in [6.07, 6.45) is 1.82. The van der Waals surface area contributed by atoms with Crippen molar-refractivity contribution in [1.29, 1.82) is 5.26 Å². The van der Waals surface area contributed by atoms with E-state index in [-0.39, 0.29) is 10.3 Å². The molecule has 1 heterocycles. The molecule has 0 bridgehead atoms. The second-order valence-corrected chi connectivity index (χ2v) is 5.92. The number of hydrogen-bond donors (Lipinski definition) is 0. The fourth-order valence-electron chi connectivity index (χ4n) is 2.78. The molecule has 2 aromatic carbocycles. The standard InChI is InChI=1S/C17H14BrFN2/c18-16-14(11-20)5-6-15(17(16)19)21-9-7-12-3-1-2-4-13(12)8-10-21/h1-6H,7-10H2. The summed E-state index contributed by atoms with van der Waals surface area (Å²) in [6.45, 7) is 1.57. The summed E-state index contributed by atoms with van der Waals surface area (Å²) in [5.74, 6) is -0.347. The van der Waals surface area contributed by atoms with Crippen molar-refractivity contribution in [3.05, 3.63) is 63.4 Å². The first-order valence-corrected chi connectivity index (χ1v) is 7.70. The first-order valence-electron chi connectivity index (χ1n) is 6.90. The van der Waals surface area contributed by atoms with Crippen LogP contribution in [0.2, 0.25) is 0 Å². The van der Waals surface area contributed by atoms with Crippen LogP contribution in [0.1, 0.15) is 16.7 Å². The Morgan fingerprint density at radius 2 is 1.67 bits per heavy atom. The third kappa shape index (κ3) is 2.66. The summed E-state index contributed by atoms with van der Waals surface area (Å²) in [7, 11) is 0. The summed E-state index contributed by atoms with van der Waals surface area (Å²) < 4.78 is 14.7. The van der Waals surface area contributed by atoms with Crippen molar-refractivity contribution >= 4 is 21.6 Å². The number of nitrogens with zero attached hydrogens (tertiary/aromatic N) is 2. The van der Waals surface area contributed by atoms with Gasteiger partial charge >= 0.3 is 0 Å². The Morgan fingerprint density at radius 1 is 1.05 bits per heavy atom. The molecule has 4 heteroatoms. The zero-order valence-corrected chi connectivity index (χ0v) is 13.0. The molecule has 0 atom stereocenters. The number of halogens is 2. The van der Waals surface area contributed by atoms with Gasteiger partial charge in [0.25, 0.3) is 0 Å². The maximum absolute atomic E-state index is 14.5. The van der Waals surface area contributed by atoms with Gasteiger partial charge < -0.3 is 4.90 Å². The second kappa shape index (κ2) is 5.87. The highest BCUT2D eigenvalue weighted by atomic mass is 79.9. The molecule has 0 aliphatic carbocycles. The lowest BCUT2D eigenvalue weighted by Gasteiger charge is -2.23. The van der Waals surface area contributed by atoms with E-state index in [0.717, 1.165) is 25.9 Å². The maximum atomic E-state index is 14.5. The van der Waals surface area contributed by atoms with Gasteiger partial charge in [0.05, 0.1) is 15.7 Å². The van der Waals surface area contributed by atoms with Crippen LogP contribution in [0.3, 0.4) is 0 Å². The van der Waals surface area contributed by atoms with E-state index in [2.05, 4.69) is 33.0 Å². The minimum Gasteiger partial charge on any atom is -0.368 e. The van der Waals surface area contributed by atoms with Gasteiger partial charge in [0.2, 0.25) is 0 Å². The molecule has 0 saturated heterocycles. The lowest BCUT2D eigenvalue weighted by atomic mass is 10.0. The molecule has 0 aromatic heterocycles. The van der Waals surface area contributed by atoms with Gasteiger partial charge in [-0.25, -0.2) is 4.39 Å². The minimum absolute atomic E-state index is 0.254. The van der Waals surface area contributed by atoms with E-state index in [1.54, 1.807) is 12.1 Å². The highest BCUT2D eigenvalue weighted by Gasteiger charge is 2.19. The normalized spacial score (nSPS) is 14.2. The fourth-order valence-corrected chi connectivity index (χ4v) is 3.20. The molecule has 0 spiro atoms. The van der Waals surface area contributed by atoms with Crippen molar-refractivity contribution in [2.24, 2.45) is 0 Å². The second-order valence-electron chi connectivity index (χ2n) is 5.13. The first kappa shape index (κ1) is 14.1. The zero-order valence-electron chi connectivity index (χ0n) is 11.4. The van der Waals surface area contributed by atoms with E-state index in [4.69, 9.17) is 5.26 Å². The minimum atomic E-state index is -0.347. The topological polar surface area (TPSA) is 27.0 Å². The summed E-state index contributed by atoms with van der Waals surface area (Å²) in [5.41, 5.74) is 3.57. The van der Waals surface area contributed by atoms with Gasteiger partial charge in [0.15, 0.2) is 5.82 Å². The van der Waals surface area contributed by atoms with E-state index < -0.39 is 0 Å². The lowest BCUT2D eigenvalue weighted by molar-refractivity contribution is 0.610. The molecule has 0 saturated carbocycles. The van der Waals surface area contributed by atoms with Crippen LogP contribution >= 0.6 is 15.9 Å². The Kier molecular flexibility index (Phi) is 3.94. The number of anilines is 1. The highest BCUT2D eigenvalue weighted by Crippen LogP contribution is 2.30. The third-order valence-electron chi connectivity index (χ3n) is 3.94. The molecule has 2 nitrogen and oxygen atoms in total. The van der Waals surface area contributed by atoms with Gasteiger partial charge in [-0.3, -0.25) is 0 Å². The molecular weight excluding hydrogens is 331 g/mol. The van der Waals surface area contributed by atoms with Crippen molar-refractivity contribution in [1.82, 2.24) is 0 Å². The van der Waals surface area contributed by atoms with Crippen LogP contribution in [0, 0.1) is 17.1 Å². The van der Waals surface area contributed by atoms with Crippen molar-refractivity contribution in [3.8, 4) is 6.07 Å². The van der Waals surface area contributed by atoms with Gasteiger partial charge in [-0.05, 0) is 52.0 Å². The van der Waals surface area contributed by atoms with E-state index in [1.807, 2.05) is 18.2 Å². The largest absolute Gasteiger partial charge is 0.368 e. The van der Waals surface area contributed by atoms with Crippen molar-refractivity contribution in [2.45, 2.75) is 12.8 Å². The van der Waals surface area contributed by atoms with Crippen LogP contribution in [-0.4, -0.2) is 13.1 Å². The molecule has 0 radical (unpaired) electrons. The molecule has 1 aliphatic heterocycles. The van der Waals surface area contributed by atoms with Gasteiger partial charge in [-0.1, -0.05) is 24.3 Å². The molecule has 1 aliphatic rings. The molecule has 106 valence electrons. The third-order valence-corrected chi connectivity index (χ3v) is 4.72. The SMILES string of the molecule is N#Cc1ccc(N2CCc3ccccc3CC2)c(F)c1Br. The average Bonchev–Trinajstić information content (AvgIpc) is 2.73. The maximum Gasteiger partial charge on any atom is 0.161 e. The van der Waals surface area contributed by atoms with Gasteiger partial charge in [-0.15, -0.1) is 0 Å². The number of hydrogen-bond acceptors (Lipinski definition) is 2. The predicted octanol–water partition coefficient (Wildman–Crippen LogP) is 4.07. The van der Waals surface area contributed by atoms with Crippen LogP contribution in [0.5, 0.6) is 0 Å². The number of benzene rings is 2. The van der Waals surface area contributed by atoms with Crippen LogP contribution in [0.25, 0.3) is 0 Å². The van der Waals surface area contributed by atoms with Crippen LogP contribution in [0.4, 0.5) is 10.1 Å². The molecule has 21 heavy (non-hydrogen) atoms. The molecular formula is C17H14BrFN2. The number of rotatable bonds is 1. The quantitative estimate of drug-likeness (QED) is 0.779. The van der Waals surface area contributed by atoms with Crippen molar-refractivity contribution < 1.29 is 4.39 Å². The van der Waals surface area contributed by atoms with Crippen molar-refractivity contribution in [3.63, 3.8) is 0 Å². The highest BCUT2D eigenvalue weighted by molar-refractivity contribution is 9.10. The summed E-state index contributed by atoms with van der Waals surface area (Å²) in [6, 6.07) is 13.7. The van der Waals surface area contributed by atoms with Crippen LogP contribution in [-0.2, 0) is 12.8 Å². The van der Waals surface area contributed by atoms with Gasteiger partial charge in [0, 0.05) is 13.1 Å². The summed E-state index contributed by atoms with van der Waals surface area (Å²) in [5, 5.41) is 8.95. The van der Waals surface area contributed by atoms with Gasteiger partial charge in [0.1, 0.15) is 6.07 Å². The molecule has 0 unspecified atom stereocenters. The molecule has 0 amide bonds. The van der Waals surface area contributed by atoms with E-state index >= 15 is 0 Å². The molecule has 2 aromatic rings. The Morgan fingerprint density at radius 3 is 2.24 bits per heavy atom. The van der Waals surface area contributed by atoms with Crippen LogP contribution in [0.15, 0.2) is 40.9 Å². The summed E-state index contributed by atoms with van der Waals surface area (Å²) in [4.78, 5) is 2.06. The zero-order chi connectivity index (χ0) is 14.8. The molecule has 3 rings (SSSR count). The van der Waals surface area contributed by atoms with Crippen LogP contribution < -0.4 is 4.90 Å². The molecule has 0 fully saturated rings. The Balaban J connectivity index is 1.90. The predicted molar refractivity (Wildman–Crippen MR) is 84.9 cm³/mol. The van der Waals surface area contributed by atoms with E-state index in [1.165, 1.54) is 11.1 Å².